The Hall–Kier alpha value is -9.50. The standard InChI is InChI=1S/C30H29N9O.C29H27N9O.2CH4/c1-36(14-19-4-7-28(40-3)33-10-19)30-25-17-38(18-26(25)30)27-6-5-20(11-32-27)24-8-21(23-13-34-37(2)15-23)16-39-29(24)22(9-31)12-35-39;1-36-14-22(13-34-36)20-7-23(29-21(8-30)12-35-38(29)15-20)19-4-5-26(31-11-19)37-16-24-25(17-37)28(24)33-10-18-3-6-27(39-2)32-9-18;;/h4-8,10-13,15-16,25-26,30H,14,17-18H2,1-3H3;3-7,9,11-15,24-25,28,33H,10,16-17H2,1-2H3;2*1H4/t25-,26+,30?;24-,25+,28?;;. The minimum Gasteiger partial charge on any atom is -0.481 e. The summed E-state index contributed by atoms with van der Waals surface area (Å²) < 4.78 is 17.4. The topological polar surface area (TPSA) is 210 Å². The number of aromatic nitrogens is 12. The number of methoxy groups -OCH3 is 2. The number of nitrogens with one attached hydrogen (secondary N) is 1. The van der Waals surface area contributed by atoms with Gasteiger partial charge in [-0.1, -0.05) is 27.0 Å². The van der Waals surface area contributed by atoms with E-state index in [0.29, 0.717) is 58.6 Å². The molecule has 410 valence electrons. The molecule has 6 atom stereocenters. The van der Waals surface area contributed by atoms with E-state index < -0.39 is 0 Å². The quantitative estimate of drug-likeness (QED) is 0.109. The highest BCUT2D eigenvalue weighted by molar-refractivity contribution is 5.89. The summed E-state index contributed by atoms with van der Waals surface area (Å²) in [6.07, 6.45) is 22.3. The molecule has 0 amide bonds. The molecular weight excluding hydrogens is 1020 g/mol. The number of anilines is 2. The van der Waals surface area contributed by atoms with Crippen LogP contribution < -0.4 is 24.6 Å². The van der Waals surface area contributed by atoms with E-state index in [4.69, 9.17) is 19.4 Å². The first-order valence-electron chi connectivity index (χ1n) is 26.3. The second-order valence-electron chi connectivity index (χ2n) is 21.0. The normalized spacial score (nSPS) is 19.2. The first-order chi connectivity index (χ1) is 38.6. The number of hydrogen-bond acceptors (Lipinski definition) is 16. The molecule has 2 saturated heterocycles. The van der Waals surface area contributed by atoms with E-state index in [1.165, 1.54) is 5.56 Å². The average Bonchev–Trinajstić information content (AvgIpc) is 4.26. The van der Waals surface area contributed by atoms with Crippen molar-refractivity contribution in [2.75, 3.05) is 57.2 Å². The lowest BCUT2D eigenvalue weighted by molar-refractivity contribution is 0.285. The summed E-state index contributed by atoms with van der Waals surface area (Å²) in [6.45, 7) is 5.71. The summed E-state index contributed by atoms with van der Waals surface area (Å²) in [7, 11) is 9.26. The Bertz CT molecular complexity index is 3920. The third-order valence-corrected chi connectivity index (χ3v) is 16.1. The highest BCUT2D eigenvalue weighted by Gasteiger charge is 2.58. The van der Waals surface area contributed by atoms with Crippen LogP contribution in [0.4, 0.5) is 11.6 Å². The predicted octanol–water partition coefficient (Wildman–Crippen LogP) is 8.21. The van der Waals surface area contributed by atoms with Crippen LogP contribution in [0.3, 0.4) is 0 Å². The van der Waals surface area contributed by atoms with E-state index in [-0.39, 0.29) is 14.9 Å². The number of aryl methyl sites for hydroxylation is 2. The lowest BCUT2D eigenvalue weighted by Gasteiger charge is -2.25. The Balaban J connectivity index is 0.000000166. The monoisotopic (exact) mass is 1080 g/mol. The largest absolute Gasteiger partial charge is 0.481 e. The molecule has 12 heterocycles. The minimum atomic E-state index is 0. The van der Waals surface area contributed by atoms with Gasteiger partial charge in [-0.3, -0.25) is 14.3 Å². The van der Waals surface area contributed by atoms with Crippen LogP contribution in [-0.2, 0) is 27.2 Å². The number of nitriles is 2. The van der Waals surface area contributed by atoms with Crippen molar-refractivity contribution in [1.82, 2.24) is 68.9 Å². The number of nitrogens with zero attached hydrogens (tertiary/aromatic N) is 17. The van der Waals surface area contributed by atoms with Gasteiger partial charge >= 0.3 is 0 Å². The molecule has 2 unspecified atom stereocenters. The van der Waals surface area contributed by atoms with Crippen molar-refractivity contribution in [2.24, 2.45) is 37.8 Å². The smallest absolute Gasteiger partial charge is 0.212 e. The Morgan fingerprint density at radius 2 is 1.02 bits per heavy atom. The molecule has 1 N–H and O–H groups in total. The summed E-state index contributed by atoms with van der Waals surface area (Å²) in [4.78, 5) is 25.5. The molecule has 0 spiro atoms. The lowest BCUT2D eigenvalue weighted by Crippen LogP contribution is -2.32. The van der Waals surface area contributed by atoms with Crippen molar-refractivity contribution >= 4 is 22.7 Å². The van der Waals surface area contributed by atoms with E-state index in [1.54, 1.807) is 45.0 Å². The molecule has 81 heavy (non-hydrogen) atoms. The van der Waals surface area contributed by atoms with E-state index in [2.05, 4.69) is 118 Å². The van der Waals surface area contributed by atoms with E-state index >= 15 is 0 Å². The number of piperidine rings is 2. The highest BCUT2D eigenvalue weighted by atomic mass is 16.5. The van der Waals surface area contributed by atoms with Gasteiger partial charge < -0.3 is 24.6 Å². The fraction of sp³-hybridized carbons (Fsp3) is 0.311. The van der Waals surface area contributed by atoms with Gasteiger partial charge in [0.1, 0.15) is 23.8 Å². The number of ether oxygens (including phenoxy) is 2. The SMILES string of the molecule is C.C.COc1ccc(CN(C)C2[C@H]3CN(c4ccc(-c5cc(-c6cnn(C)c6)cn6ncc(C#N)c56)cn4)C[C@@H]23)cn1.COc1ccc(CNC2[C@H]3CN(c4ccc(-c5cc(-c6cnn(C)c6)cn6ncc(C#N)c56)cn4)C[C@@H]23)cn1. The molecule has 14 rings (SSSR count). The van der Waals surface area contributed by atoms with Crippen molar-refractivity contribution in [3.63, 3.8) is 0 Å². The first kappa shape index (κ1) is 53.5. The van der Waals surface area contributed by atoms with Gasteiger partial charge in [0.15, 0.2) is 0 Å². The first-order valence-corrected chi connectivity index (χ1v) is 26.3. The lowest BCUT2D eigenvalue weighted by atomic mass is 10.0. The van der Waals surface area contributed by atoms with Crippen molar-refractivity contribution in [2.45, 2.75) is 40.0 Å². The van der Waals surface area contributed by atoms with E-state index in [1.807, 2.05) is 88.2 Å². The Morgan fingerprint density at radius 3 is 1.43 bits per heavy atom. The third-order valence-electron chi connectivity index (χ3n) is 16.1. The maximum atomic E-state index is 9.72. The van der Waals surface area contributed by atoms with Crippen molar-refractivity contribution in [1.29, 1.82) is 10.5 Å². The van der Waals surface area contributed by atoms with Crippen molar-refractivity contribution in [3.8, 4) is 68.4 Å². The van der Waals surface area contributed by atoms with Crippen LogP contribution in [0, 0.1) is 46.3 Å². The Labute approximate surface area is 470 Å². The molecule has 2 aliphatic carbocycles. The summed E-state index contributed by atoms with van der Waals surface area (Å²) in [6, 6.07) is 26.2. The molecule has 2 aliphatic heterocycles. The molecule has 2 saturated carbocycles. The van der Waals surface area contributed by atoms with Crippen LogP contribution in [0.15, 0.2) is 135 Å². The summed E-state index contributed by atoms with van der Waals surface area (Å²) >= 11 is 0. The van der Waals surface area contributed by atoms with Crippen molar-refractivity contribution < 1.29 is 9.47 Å². The van der Waals surface area contributed by atoms with Crippen LogP contribution >= 0.6 is 0 Å². The molecule has 20 nitrogen and oxygen atoms in total. The number of pyridine rings is 6. The fourth-order valence-electron chi connectivity index (χ4n) is 12.0. The minimum absolute atomic E-state index is 0. The number of fused-ring (bicyclic) bond motifs is 4. The molecule has 20 heteroatoms. The van der Waals surface area contributed by atoms with Gasteiger partial charge in [0, 0.05) is 172 Å². The second kappa shape index (κ2) is 22.0. The fourth-order valence-corrected chi connectivity index (χ4v) is 12.0. The Kier molecular flexibility index (Phi) is 14.5. The van der Waals surface area contributed by atoms with Crippen LogP contribution in [0.5, 0.6) is 11.8 Å². The summed E-state index contributed by atoms with van der Waals surface area (Å²) in [5.74, 6) is 5.83. The maximum absolute atomic E-state index is 9.72. The molecule has 0 radical (unpaired) electrons. The molecule has 10 aromatic rings. The molecular formula is C61H64N18O2. The summed E-state index contributed by atoms with van der Waals surface area (Å²) in [5, 5.41) is 40.6. The third kappa shape index (κ3) is 10.3. The highest BCUT2D eigenvalue weighted by Crippen LogP contribution is 2.50. The molecule has 10 aromatic heterocycles. The van der Waals surface area contributed by atoms with Gasteiger partial charge in [-0.15, -0.1) is 0 Å². The van der Waals surface area contributed by atoms with Gasteiger partial charge in [-0.25, -0.2) is 29.0 Å². The van der Waals surface area contributed by atoms with Gasteiger partial charge in [0.05, 0.1) is 61.2 Å². The van der Waals surface area contributed by atoms with Crippen LogP contribution in [0.1, 0.15) is 37.1 Å². The van der Waals surface area contributed by atoms with Gasteiger partial charge in [0.25, 0.3) is 0 Å². The van der Waals surface area contributed by atoms with Crippen LogP contribution in [0.25, 0.3) is 55.5 Å². The molecule has 0 aromatic carbocycles. The van der Waals surface area contributed by atoms with E-state index in [9.17, 15) is 10.5 Å². The van der Waals surface area contributed by atoms with E-state index in [0.717, 1.165) is 112 Å². The van der Waals surface area contributed by atoms with Crippen LogP contribution in [0.2, 0.25) is 0 Å². The van der Waals surface area contributed by atoms with Gasteiger partial charge in [-0.05, 0) is 78.2 Å². The van der Waals surface area contributed by atoms with Crippen molar-refractivity contribution in [3.05, 3.63) is 157 Å². The predicted molar refractivity (Wildman–Crippen MR) is 310 cm³/mol. The summed E-state index contributed by atoms with van der Waals surface area (Å²) in [5.41, 5.74) is 12.7. The zero-order valence-electron chi connectivity index (χ0n) is 44.3. The average molecular weight is 1080 g/mol. The van der Waals surface area contributed by atoms with Gasteiger partial charge in [-0.2, -0.15) is 30.9 Å². The zero-order chi connectivity index (χ0) is 53.9. The second-order valence-corrected chi connectivity index (χ2v) is 21.0. The zero-order valence-corrected chi connectivity index (χ0v) is 44.3. The maximum Gasteiger partial charge on any atom is 0.212 e. The molecule has 0 bridgehead atoms. The number of hydrogen-bond donors (Lipinski definition) is 1. The number of rotatable bonds is 14. The molecule has 4 aliphatic rings. The Morgan fingerprint density at radius 1 is 0.543 bits per heavy atom. The molecule has 4 fully saturated rings. The van der Waals surface area contributed by atoms with Crippen LogP contribution in [-0.4, -0.2) is 123 Å². The van der Waals surface area contributed by atoms with Gasteiger partial charge in [0.2, 0.25) is 11.8 Å².